The Kier molecular flexibility index (Phi) is 6.30. The summed E-state index contributed by atoms with van der Waals surface area (Å²) in [5.74, 6) is 0.562. The maximum Gasteiger partial charge on any atom is 0.202 e. The lowest BCUT2D eigenvalue weighted by Gasteiger charge is -2.27. The lowest BCUT2D eigenvalue weighted by atomic mass is 10.0. The third kappa shape index (κ3) is 5.70. The van der Waals surface area contributed by atoms with Crippen LogP contribution >= 0.6 is 23.2 Å². The molecule has 4 N–H and O–H groups in total. The van der Waals surface area contributed by atoms with Gasteiger partial charge < -0.3 is 21.3 Å². The SMILES string of the molecule is CN(C)CCCCC1(N)C=CNC(Nc2cc(Cl)ccc2Cl)=N1. The van der Waals surface area contributed by atoms with Crippen molar-refractivity contribution in [2.24, 2.45) is 10.7 Å². The predicted molar refractivity (Wildman–Crippen MR) is 99.1 cm³/mol. The van der Waals surface area contributed by atoms with Crippen molar-refractivity contribution in [3.05, 3.63) is 40.5 Å². The van der Waals surface area contributed by atoms with Crippen molar-refractivity contribution in [2.75, 3.05) is 26.0 Å². The van der Waals surface area contributed by atoms with Gasteiger partial charge in [-0.1, -0.05) is 23.2 Å². The Morgan fingerprint density at radius 1 is 1.30 bits per heavy atom. The molecule has 23 heavy (non-hydrogen) atoms. The molecule has 1 aliphatic rings. The van der Waals surface area contributed by atoms with Crippen LogP contribution in [-0.2, 0) is 0 Å². The molecule has 1 atom stereocenters. The van der Waals surface area contributed by atoms with Gasteiger partial charge >= 0.3 is 0 Å². The molecular weight excluding hydrogens is 333 g/mol. The standard InChI is InChI=1S/C16H23Cl2N5/c1-23(2)10-4-3-7-16(19)8-9-20-15(22-16)21-14-11-12(17)5-6-13(14)18/h5-6,8-9,11H,3-4,7,10,19H2,1-2H3,(H2,20,21,22). The largest absolute Gasteiger partial charge is 0.333 e. The average Bonchev–Trinajstić information content (AvgIpc) is 2.47. The van der Waals surface area contributed by atoms with Crippen molar-refractivity contribution < 1.29 is 0 Å². The number of aliphatic imine (C=N–C) groups is 1. The summed E-state index contributed by atoms with van der Waals surface area (Å²) in [5, 5.41) is 7.36. The van der Waals surface area contributed by atoms with E-state index in [2.05, 4.69) is 34.6 Å². The van der Waals surface area contributed by atoms with Crippen LogP contribution in [0.1, 0.15) is 19.3 Å². The molecule has 0 amide bonds. The third-order valence-corrected chi connectivity index (χ3v) is 4.09. The summed E-state index contributed by atoms with van der Waals surface area (Å²) in [6.07, 6.45) is 6.57. The van der Waals surface area contributed by atoms with E-state index in [0.717, 1.165) is 25.8 Å². The molecule has 0 saturated carbocycles. The van der Waals surface area contributed by atoms with Crippen molar-refractivity contribution in [1.82, 2.24) is 10.2 Å². The van der Waals surface area contributed by atoms with Crippen LogP contribution in [0.25, 0.3) is 0 Å². The molecule has 0 aromatic heterocycles. The first-order valence-corrected chi connectivity index (χ1v) is 8.33. The lowest BCUT2D eigenvalue weighted by Crippen LogP contribution is -2.44. The van der Waals surface area contributed by atoms with Crippen LogP contribution in [0.3, 0.4) is 0 Å². The van der Waals surface area contributed by atoms with E-state index in [4.69, 9.17) is 28.9 Å². The molecule has 1 aromatic rings. The van der Waals surface area contributed by atoms with Gasteiger partial charge in [-0.2, -0.15) is 0 Å². The maximum atomic E-state index is 6.36. The summed E-state index contributed by atoms with van der Waals surface area (Å²) in [5.41, 5.74) is 6.35. The van der Waals surface area contributed by atoms with Crippen LogP contribution < -0.4 is 16.4 Å². The molecule has 1 unspecified atom stereocenters. The van der Waals surface area contributed by atoms with E-state index in [9.17, 15) is 0 Å². The maximum absolute atomic E-state index is 6.36. The van der Waals surface area contributed by atoms with Crippen LogP contribution in [0.5, 0.6) is 0 Å². The Hall–Kier alpha value is -1.27. The van der Waals surface area contributed by atoms with Crippen LogP contribution in [0.15, 0.2) is 35.5 Å². The lowest BCUT2D eigenvalue weighted by molar-refractivity contribution is 0.376. The zero-order valence-electron chi connectivity index (χ0n) is 13.4. The molecule has 1 aliphatic heterocycles. The van der Waals surface area contributed by atoms with Crippen LogP contribution in [0.2, 0.25) is 10.0 Å². The number of nitrogens with two attached hydrogens (primary N) is 1. The number of nitrogens with zero attached hydrogens (tertiary/aromatic N) is 2. The van der Waals surface area contributed by atoms with Gasteiger partial charge in [0.25, 0.3) is 0 Å². The number of benzene rings is 1. The summed E-state index contributed by atoms with van der Waals surface area (Å²) in [7, 11) is 4.13. The van der Waals surface area contributed by atoms with Gasteiger partial charge in [0.15, 0.2) is 0 Å². The van der Waals surface area contributed by atoms with Crippen molar-refractivity contribution in [2.45, 2.75) is 24.9 Å². The Bertz CT molecular complexity index is 600. The number of hydrogen-bond donors (Lipinski definition) is 3. The molecule has 126 valence electrons. The number of hydrogen-bond acceptors (Lipinski definition) is 5. The fourth-order valence-corrected chi connectivity index (χ4v) is 2.64. The minimum Gasteiger partial charge on any atom is -0.333 e. The number of anilines is 1. The molecule has 0 bridgehead atoms. The number of guanidine groups is 1. The van der Waals surface area contributed by atoms with Crippen molar-refractivity contribution in [3.8, 4) is 0 Å². The van der Waals surface area contributed by atoms with E-state index < -0.39 is 5.66 Å². The van der Waals surface area contributed by atoms with E-state index >= 15 is 0 Å². The number of rotatable bonds is 6. The normalized spacial score (nSPS) is 20.3. The monoisotopic (exact) mass is 355 g/mol. The summed E-state index contributed by atoms with van der Waals surface area (Å²) >= 11 is 12.2. The highest BCUT2D eigenvalue weighted by molar-refractivity contribution is 6.35. The van der Waals surface area contributed by atoms with E-state index in [-0.39, 0.29) is 0 Å². The first kappa shape index (κ1) is 18.1. The summed E-state index contributed by atoms with van der Waals surface area (Å²) in [6.45, 7) is 1.05. The minimum absolute atomic E-state index is 0.562. The van der Waals surface area contributed by atoms with Crippen molar-refractivity contribution in [1.29, 1.82) is 0 Å². The van der Waals surface area contributed by atoms with E-state index in [0.29, 0.717) is 21.7 Å². The summed E-state index contributed by atoms with van der Waals surface area (Å²) < 4.78 is 0. The van der Waals surface area contributed by atoms with Gasteiger partial charge in [0.2, 0.25) is 5.96 Å². The van der Waals surface area contributed by atoms with E-state index in [1.54, 1.807) is 24.4 Å². The first-order chi connectivity index (χ1) is 10.9. The predicted octanol–water partition coefficient (Wildman–Crippen LogP) is 3.27. The van der Waals surface area contributed by atoms with Gasteiger partial charge in [-0.15, -0.1) is 0 Å². The Labute approximate surface area is 147 Å². The first-order valence-electron chi connectivity index (χ1n) is 7.58. The topological polar surface area (TPSA) is 65.7 Å². The molecule has 7 heteroatoms. The average molecular weight is 356 g/mol. The molecule has 1 aromatic carbocycles. The van der Waals surface area contributed by atoms with Crippen molar-refractivity contribution in [3.63, 3.8) is 0 Å². The van der Waals surface area contributed by atoms with Gasteiger partial charge in [-0.25, -0.2) is 4.99 Å². The molecule has 0 saturated heterocycles. The van der Waals surface area contributed by atoms with Crippen LogP contribution in [-0.4, -0.2) is 37.2 Å². The van der Waals surface area contributed by atoms with Crippen LogP contribution in [0.4, 0.5) is 5.69 Å². The molecule has 5 nitrogen and oxygen atoms in total. The van der Waals surface area contributed by atoms with Gasteiger partial charge in [-0.05, 0) is 64.2 Å². The molecule has 0 radical (unpaired) electrons. The van der Waals surface area contributed by atoms with Gasteiger partial charge in [0.1, 0.15) is 5.66 Å². The number of unbranched alkanes of at least 4 members (excludes halogenated alkanes) is 1. The number of nitrogens with one attached hydrogen (secondary N) is 2. The fourth-order valence-electron chi connectivity index (χ4n) is 2.30. The van der Waals surface area contributed by atoms with Gasteiger partial charge in [0.05, 0.1) is 10.7 Å². The Morgan fingerprint density at radius 2 is 2.09 bits per heavy atom. The third-order valence-electron chi connectivity index (χ3n) is 3.53. The summed E-state index contributed by atoms with van der Waals surface area (Å²) in [4.78, 5) is 6.73. The van der Waals surface area contributed by atoms with E-state index in [1.807, 2.05) is 6.08 Å². The highest BCUT2D eigenvalue weighted by atomic mass is 35.5. The molecule has 0 aliphatic carbocycles. The number of halogens is 2. The Morgan fingerprint density at radius 3 is 2.83 bits per heavy atom. The second-order valence-corrected chi connectivity index (χ2v) is 6.78. The quantitative estimate of drug-likeness (QED) is 0.685. The Balaban J connectivity index is 1.99. The van der Waals surface area contributed by atoms with E-state index in [1.165, 1.54) is 0 Å². The minimum atomic E-state index is -0.703. The van der Waals surface area contributed by atoms with Gasteiger partial charge in [-0.3, -0.25) is 0 Å². The fraction of sp³-hybridized carbons (Fsp3) is 0.438. The molecule has 1 heterocycles. The zero-order chi connectivity index (χ0) is 16.9. The van der Waals surface area contributed by atoms with Gasteiger partial charge in [0, 0.05) is 11.2 Å². The zero-order valence-corrected chi connectivity index (χ0v) is 15.0. The smallest absolute Gasteiger partial charge is 0.202 e. The van der Waals surface area contributed by atoms with Crippen molar-refractivity contribution >= 4 is 34.8 Å². The molecule has 0 spiro atoms. The highest BCUT2D eigenvalue weighted by Gasteiger charge is 2.24. The second kappa shape index (κ2) is 8.02. The van der Waals surface area contributed by atoms with Crippen LogP contribution in [0, 0.1) is 0 Å². The molecular formula is C16H23Cl2N5. The highest BCUT2D eigenvalue weighted by Crippen LogP contribution is 2.26. The second-order valence-electron chi connectivity index (χ2n) is 5.94. The molecule has 0 fully saturated rings. The summed E-state index contributed by atoms with van der Waals surface area (Å²) in [6, 6.07) is 5.23. The molecule has 2 rings (SSSR count).